The third-order valence-electron chi connectivity index (χ3n) is 6.99. The summed E-state index contributed by atoms with van der Waals surface area (Å²) in [6.07, 6.45) is 7.41. The minimum Gasteiger partial charge on any atom is -0.0656 e. The van der Waals surface area contributed by atoms with E-state index in [1.54, 1.807) is 15.9 Å². The highest BCUT2D eigenvalue weighted by atomic mass is 28.3. The van der Waals surface area contributed by atoms with Gasteiger partial charge in [-0.1, -0.05) is 135 Å². The standard InChI is InChI=1S/C31H40Si2/c1-8-9-13-23-18-25-16-17-29(24-14-11-10-12-15-24)31(30(25)19-23)26-20-27(32(2,3)4)22-28(21-26)33(5,6)7/h10-12,14-17,19-22H,8-9,13,18H2,1-7H3. The number of unbranched alkanes of at least 4 members (excludes halogenated alkanes) is 1. The molecule has 0 unspecified atom stereocenters. The molecular weight excluding hydrogens is 429 g/mol. The molecule has 4 rings (SSSR count). The van der Waals surface area contributed by atoms with E-state index in [-0.39, 0.29) is 0 Å². The van der Waals surface area contributed by atoms with E-state index in [0.717, 1.165) is 6.42 Å². The summed E-state index contributed by atoms with van der Waals surface area (Å²) in [6.45, 7) is 17.2. The van der Waals surface area contributed by atoms with Crippen LogP contribution in [0, 0.1) is 0 Å². The van der Waals surface area contributed by atoms with Gasteiger partial charge in [-0.3, -0.25) is 0 Å². The van der Waals surface area contributed by atoms with Gasteiger partial charge in [-0.25, -0.2) is 0 Å². The van der Waals surface area contributed by atoms with Crippen molar-refractivity contribution in [2.75, 3.05) is 0 Å². The van der Waals surface area contributed by atoms with Crippen LogP contribution >= 0.6 is 0 Å². The Kier molecular flexibility index (Phi) is 6.71. The summed E-state index contributed by atoms with van der Waals surface area (Å²) in [5.74, 6) is 0. The molecule has 0 bridgehead atoms. The van der Waals surface area contributed by atoms with E-state index < -0.39 is 16.1 Å². The zero-order valence-corrected chi connectivity index (χ0v) is 23.7. The quantitative estimate of drug-likeness (QED) is 0.306. The van der Waals surface area contributed by atoms with Gasteiger partial charge in [0.1, 0.15) is 0 Å². The molecule has 1 aliphatic rings. The maximum absolute atomic E-state index is 2.55. The Morgan fingerprint density at radius 1 is 0.727 bits per heavy atom. The molecule has 33 heavy (non-hydrogen) atoms. The molecule has 0 saturated heterocycles. The van der Waals surface area contributed by atoms with Crippen LogP contribution in [0.2, 0.25) is 39.3 Å². The SMILES string of the molecule is CCCCC1=Cc2c(ccc(-c3ccccc3)c2-c2cc([Si](C)(C)C)cc([Si](C)(C)C)c2)C1. The third kappa shape index (κ3) is 5.17. The minimum atomic E-state index is -1.45. The molecule has 1 aliphatic carbocycles. The van der Waals surface area contributed by atoms with Crippen LogP contribution in [0.4, 0.5) is 0 Å². The Balaban J connectivity index is 2.01. The van der Waals surface area contributed by atoms with Gasteiger partial charge in [0.2, 0.25) is 0 Å². The van der Waals surface area contributed by atoms with E-state index in [2.05, 4.69) is 113 Å². The molecule has 2 heteroatoms. The van der Waals surface area contributed by atoms with E-state index >= 15 is 0 Å². The highest BCUT2D eigenvalue weighted by Gasteiger charge is 2.26. The van der Waals surface area contributed by atoms with Crippen LogP contribution < -0.4 is 10.4 Å². The fourth-order valence-corrected chi connectivity index (χ4v) is 7.35. The molecule has 0 aromatic heterocycles. The first kappa shape index (κ1) is 24.0. The van der Waals surface area contributed by atoms with Gasteiger partial charge in [0.15, 0.2) is 0 Å². The summed E-state index contributed by atoms with van der Waals surface area (Å²) in [6, 6.07) is 23.4. The van der Waals surface area contributed by atoms with Crippen molar-refractivity contribution in [3.8, 4) is 22.3 Å². The molecule has 0 spiro atoms. The summed E-state index contributed by atoms with van der Waals surface area (Å²) >= 11 is 0. The van der Waals surface area contributed by atoms with Crippen LogP contribution in [0.1, 0.15) is 37.3 Å². The summed E-state index contributed by atoms with van der Waals surface area (Å²) in [5.41, 5.74) is 10.1. The zero-order chi connectivity index (χ0) is 23.8. The van der Waals surface area contributed by atoms with E-state index in [9.17, 15) is 0 Å². The Labute approximate surface area is 203 Å². The number of hydrogen-bond donors (Lipinski definition) is 0. The lowest BCUT2D eigenvalue weighted by molar-refractivity contribution is 0.779. The Morgan fingerprint density at radius 3 is 1.94 bits per heavy atom. The Bertz CT molecular complexity index is 1140. The Morgan fingerprint density at radius 2 is 1.36 bits per heavy atom. The predicted molar refractivity (Wildman–Crippen MR) is 154 cm³/mol. The van der Waals surface area contributed by atoms with Gasteiger partial charge in [-0.2, -0.15) is 0 Å². The second-order valence-corrected chi connectivity index (χ2v) is 22.0. The molecule has 0 nitrogen and oxygen atoms in total. The van der Waals surface area contributed by atoms with Gasteiger partial charge >= 0.3 is 0 Å². The van der Waals surface area contributed by atoms with Crippen LogP contribution in [0.3, 0.4) is 0 Å². The molecule has 3 aromatic rings. The van der Waals surface area contributed by atoms with Crippen molar-refractivity contribution in [2.45, 2.75) is 71.9 Å². The molecule has 172 valence electrons. The predicted octanol–water partition coefficient (Wildman–Crippen LogP) is 8.24. The maximum atomic E-state index is 2.55. The van der Waals surface area contributed by atoms with Gasteiger partial charge in [-0.05, 0) is 52.6 Å². The second-order valence-electron chi connectivity index (χ2n) is 11.8. The molecule has 0 fully saturated rings. The van der Waals surface area contributed by atoms with Crippen LogP contribution in [0.25, 0.3) is 28.3 Å². The first-order valence-electron chi connectivity index (χ1n) is 12.6. The first-order valence-corrected chi connectivity index (χ1v) is 19.6. The normalized spacial score (nSPS) is 13.7. The van der Waals surface area contributed by atoms with E-state index in [1.807, 2.05) is 0 Å². The van der Waals surface area contributed by atoms with Crippen molar-refractivity contribution in [3.63, 3.8) is 0 Å². The van der Waals surface area contributed by atoms with Crippen molar-refractivity contribution in [3.05, 3.63) is 77.4 Å². The first-order chi connectivity index (χ1) is 15.6. The summed E-state index contributed by atoms with van der Waals surface area (Å²) in [4.78, 5) is 0. The fourth-order valence-electron chi connectivity index (χ4n) is 4.85. The molecule has 0 heterocycles. The lowest BCUT2D eigenvalue weighted by Gasteiger charge is -2.25. The van der Waals surface area contributed by atoms with Gasteiger partial charge in [0, 0.05) is 0 Å². The summed E-state index contributed by atoms with van der Waals surface area (Å²) in [7, 11) is -2.91. The van der Waals surface area contributed by atoms with Crippen molar-refractivity contribution in [2.24, 2.45) is 0 Å². The van der Waals surface area contributed by atoms with Crippen molar-refractivity contribution in [1.29, 1.82) is 0 Å². The molecule has 3 aromatic carbocycles. The lowest BCUT2D eigenvalue weighted by Crippen LogP contribution is -2.45. The van der Waals surface area contributed by atoms with Crippen molar-refractivity contribution in [1.82, 2.24) is 0 Å². The fraction of sp³-hybridized carbons (Fsp3) is 0.355. The molecule has 0 saturated carbocycles. The zero-order valence-electron chi connectivity index (χ0n) is 21.7. The molecule has 0 amide bonds. The summed E-state index contributed by atoms with van der Waals surface area (Å²) < 4.78 is 0. The third-order valence-corrected chi connectivity index (χ3v) is 11.0. The highest BCUT2D eigenvalue weighted by Crippen LogP contribution is 2.41. The van der Waals surface area contributed by atoms with Crippen LogP contribution in [0.15, 0.2) is 66.2 Å². The average molecular weight is 469 g/mol. The van der Waals surface area contributed by atoms with Crippen LogP contribution in [-0.4, -0.2) is 16.1 Å². The van der Waals surface area contributed by atoms with Gasteiger partial charge in [0.25, 0.3) is 0 Å². The average Bonchev–Trinajstić information content (AvgIpc) is 3.19. The van der Waals surface area contributed by atoms with Gasteiger partial charge < -0.3 is 0 Å². The largest absolute Gasteiger partial charge is 0.0776 e. The minimum absolute atomic E-state index is 1.12. The van der Waals surface area contributed by atoms with Crippen LogP contribution in [-0.2, 0) is 6.42 Å². The Hall–Kier alpha value is -2.17. The van der Waals surface area contributed by atoms with Gasteiger partial charge in [-0.15, -0.1) is 0 Å². The number of rotatable bonds is 7. The topological polar surface area (TPSA) is 0 Å². The number of hydrogen-bond acceptors (Lipinski definition) is 0. The smallest absolute Gasteiger partial charge is 0.0656 e. The van der Waals surface area contributed by atoms with E-state index in [4.69, 9.17) is 0 Å². The molecule has 0 aliphatic heterocycles. The second kappa shape index (κ2) is 9.23. The molecule has 0 atom stereocenters. The van der Waals surface area contributed by atoms with Crippen molar-refractivity contribution >= 4 is 32.6 Å². The lowest BCUT2D eigenvalue weighted by atomic mass is 9.89. The number of allylic oxidation sites excluding steroid dienone is 1. The van der Waals surface area contributed by atoms with Crippen molar-refractivity contribution < 1.29 is 0 Å². The van der Waals surface area contributed by atoms with Crippen LogP contribution in [0.5, 0.6) is 0 Å². The van der Waals surface area contributed by atoms with Gasteiger partial charge in [0.05, 0.1) is 16.1 Å². The highest BCUT2D eigenvalue weighted by molar-refractivity contribution is 6.91. The maximum Gasteiger partial charge on any atom is 0.0776 e. The molecule has 0 N–H and O–H groups in total. The monoisotopic (exact) mass is 468 g/mol. The summed E-state index contributed by atoms with van der Waals surface area (Å²) in [5, 5.41) is 3.17. The molecule has 0 radical (unpaired) electrons. The van der Waals surface area contributed by atoms with E-state index in [0.29, 0.717) is 0 Å². The van der Waals surface area contributed by atoms with E-state index in [1.165, 1.54) is 52.6 Å². The number of benzene rings is 3. The molecular formula is C31H40Si2. The number of fused-ring (bicyclic) bond motifs is 1.